The highest BCUT2D eigenvalue weighted by atomic mass is 17.1. The number of aliphatic hydroxyl groups is 1. The lowest BCUT2D eigenvalue weighted by Gasteiger charge is -2.45. The summed E-state index contributed by atoms with van der Waals surface area (Å²) in [5, 5.41) is 19.7. The van der Waals surface area contributed by atoms with Crippen molar-refractivity contribution in [1.29, 1.82) is 0 Å². The summed E-state index contributed by atoms with van der Waals surface area (Å²) in [6.45, 7) is 5.78. The molecule has 5 unspecified atom stereocenters. The van der Waals surface area contributed by atoms with Gasteiger partial charge < -0.3 is 9.84 Å². The summed E-state index contributed by atoms with van der Waals surface area (Å²) in [5.41, 5.74) is 1.05. The van der Waals surface area contributed by atoms with Gasteiger partial charge in [0.1, 0.15) is 12.2 Å². The van der Waals surface area contributed by atoms with Crippen LogP contribution in [0.5, 0.6) is 0 Å². The molecule has 3 aliphatic rings. The molecule has 1 saturated carbocycles. The molecule has 1 heterocycles. The number of aliphatic hydroxyl groups excluding tert-OH is 1. The fraction of sp³-hybridized carbons (Fsp3) is 0.667. The average molecular weight is 280 g/mol. The van der Waals surface area contributed by atoms with Crippen LogP contribution in [0.3, 0.4) is 0 Å². The monoisotopic (exact) mass is 280 g/mol. The Morgan fingerprint density at radius 1 is 1.55 bits per heavy atom. The van der Waals surface area contributed by atoms with Crippen LogP contribution in [0.1, 0.15) is 32.6 Å². The molecule has 5 nitrogen and oxygen atoms in total. The lowest BCUT2D eigenvalue weighted by Crippen LogP contribution is -2.48. The Morgan fingerprint density at radius 3 is 3.00 bits per heavy atom. The van der Waals surface area contributed by atoms with Crippen molar-refractivity contribution in [3.63, 3.8) is 0 Å². The highest BCUT2D eigenvalue weighted by Gasteiger charge is 2.51. The second kappa shape index (κ2) is 4.69. The molecule has 1 aliphatic heterocycles. The molecule has 3 rings (SSSR count). The van der Waals surface area contributed by atoms with E-state index in [0.717, 1.165) is 5.57 Å². The first kappa shape index (κ1) is 13.8. The van der Waals surface area contributed by atoms with Gasteiger partial charge in [-0.15, -0.1) is 0 Å². The number of hydrogen-bond acceptors (Lipinski definition) is 5. The molecule has 2 N–H and O–H groups in total. The molecule has 2 fully saturated rings. The van der Waals surface area contributed by atoms with Gasteiger partial charge in [-0.1, -0.05) is 19.6 Å². The van der Waals surface area contributed by atoms with Crippen molar-refractivity contribution in [2.75, 3.05) is 0 Å². The predicted molar refractivity (Wildman–Crippen MR) is 70.7 cm³/mol. The van der Waals surface area contributed by atoms with E-state index in [1.165, 1.54) is 0 Å². The lowest BCUT2D eigenvalue weighted by atomic mass is 9.64. The molecular formula is C15H20O5. The Balaban J connectivity index is 1.99. The topological polar surface area (TPSA) is 76.0 Å². The van der Waals surface area contributed by atoms with E-state index in [-0.39, 0.29) is 17.4 Å². The van der Waals surface area contributed by atoms with Crippen LogP contribution in [0.25, 0.3) is 0 Å². The smallest absolute Gasteiger partial charge is 0.334 e. The van der Waals surface area contributed by atoms with E-state index in [9.17, 15) is 9.90 Å². The molecule has 0 aromatic rings. The standard InChI is InChI=1S/C15H20O5/c1-8-10-4-3-9-7-15(2,6-5-11(9)20-18)13(16)12(10)19-14(8)17/h3,10-13,16,18H,1,4-7H2,2H3/b9-3+. The third kappa shape index (κ3) is 1.92. The second-order valence-electron chi connectivity index (χ2n) is 6.42. The zero-order chi connectivity index (χ0) is 14.5. The molecule has 110 valence electrons. The van der Waals surface area contributed by atoms with Crippen LogP contribution in [0, 0.1) is 11.3 Å². The summed E-state index contributed by atoms with van der Waals surface area (Å²) in [6.07, 6.45) is 3.06. The van der Waals surface area contributed by atoms with Crippen LogP contribution >= 0.6 is 0 Å². The van der Waals surface area contributed by atoms with Gasteiger partial charge in [-0.3, -0.25) is 5.26 Å². The fourth-order valence-corrected chi connectivity index (χ4v) is 3.76. The highest BCUT2D eigenvalue weighted by molar-refractivity contribution is 5.91. The van der Waals surface area contributed by atoms with Gasteiger partial charge in [0.25, 0.3) is 0 Å². The van der Waals surface area contributed by atoms with Crippen LogP contribution < -0.4 is 0 Å². The van der Waals surface area contributed by atoms with Crippen LogP contribution in [0.4, 0.5) is 0 Å². The summed E-state index contributed by atoms with van der Waals surface area (Å²) >= 11 is 0. The van der Waals surface area contributed by atoms with Crippen LogP contribution in [-0.2, 0) is 14.4 Å². The minimum absolute atomic E-state index is 0.190. The maximum Gasteiger partial charge on any atom is 0.334 e. The fourth-order valence-electron chi connectivity index (χ4n) is 3.76. The minimum Gasteiger partial charge on any atom is -0.456 e. The van der Waals surface area contributed by atoms with E-state index in [1.807, 2.05) is 13.0 Å². The first-order valence-electron chi connectivity index (χ1n) is 7.03. The molecular weight excluding hydrogens is 260 g/mol. The molecule has 1 saturated heterocycles. The summed E-state index contributed by atoms with van der Waals surface area (Å²) < 4.78 is 5.34. The molecule has 5 atom stereocenters. The number of carbonyl (C=O) groups excluding carboxylic acids is 1. The molecule has 0 amide bonds. The number of carbonyl (C=O) groups is 1. The van der Waals surface area contributed by atoms with E-state index in [1.54, 1.807) is 0 Å². The number of fused-ring (bicyclic) bond motifs is 3. The van der Waals surface area contributed by atoms with Crippen molar-refractivity contribution in [3.05, 3.63) is 23.8 Å². The number of rotatable bonds is 1. The number of esters is 1. The number of allylic oxidation sites excluding steroid dienone is 1. The summed E-state index contributed by atoms with van der Waals surface area (Å²) in [4.78, 5) is 16.3. The van der Waals surface area contributed by atoms with Crippen LogP contribution in [0.15, 0.2) is 23.8 Å². The molecule has 2 bridgehead atoms. The van der Waals surface area contributed by atoms with Crippen molar-refractivity contribution >= 4 is 5.97 Å². The summed E-state index contributed by atoms with van der Waals surface area (Å²) in [7, 11) is 0. The van der Waals surface area contributed by atoms with Crippen molar-refractivity contribution in [2.24, 2.45) is 11.3 Å². The molecule has 0 aromatic heterocycles. The van der Waals surface area contributed by atoms with E-state index in [2.05, 4.69) is 11.5 Å². The first-order chi connectivity index (χ1) is 9.46. The number of ether oxygens (including phenoxy) is 1. The van der Waals surface area contributed by atoms with Crippen molar-refractivity contribution in [1.82, 2.24) is 0 Å². The van der Waals surface area contributed by atoms with Gasteiger partial charge in [0.05, 0.1) is 6.10 Å². The molecule has 5 heteroatoms. The quantitative estimate of drug-likeness (QED) is 0.252. The van der Waals surface area contributed by atoms with Crippen LogP contribution in [0.2, 0.25) is 0 Å². The van der Waals surface area contributed by atoms with Gasteiger partial charge in [-0.25, -0.2) is 9.68 Å². The Bertz CT molecular complexity index is 483. The predicted octanol–water partition coefficient (Wildman–Crippen LogP) is 1.82. The lowest BCUT2D eigenvalue weighted by molar-refractivity contribution is -0.276. The zero-order valence-electron chi connectivity index (χ0n) is 11.5. The Hall–Kier alpha value is -1.17. The third-order valence-corrected chi connectivity index (χ3v) is 5.14. The summed E-state index contributed by atoms with van der Waals surface area (Å²) in [5.74, 6) is -0.600. The minimum atomic E-state index is -0.723. The molecule has 20 heavy (non-hydrogen) atoms. The third-order valence-electron chi connectivity index (χ3n) is 5.14. The number of hydrogen-bond donors (Lipinski definition) is 2. The van der Waals surface area contributed by atoms with Gasteiger partial charge >= 0.3 is 5.97 Å². The van der Waals surface area contributed by atoms with Crippen molar-refractivity contribution < 1.29 is 24.8 Å². The Morgan fingerprint density at radius 2 is 2.30 bits per heavy atom. The van der Waals surface area contributed by atoms with E-state index >= 15 is 0 Å². The van der Waals surface area contributed by atoms with Gasteiger partial charge in [0, 0.05) is 16.9 Å². The van der Waals surface area contributed by atoms with E-state index in [0.29, 0.717) is 31.3 Å². The first-order valence-corrected chi connectivity index (χ1v) is 7.03. The maximum absolute atomic E-state index is 11.7. The SMILES string of the molecule is C=C1C(=O)OC2C1C/C=C1\CC(C)(CCC1OO)C2O. The van der Waals surface area contributed by atoms with Gasteiger partial charge in [0.15, 0.2) is 0 Å². The van der Waals surface area contributed by atoms with E-state index in [4.69, 9.17) is 9.99 Å². The van der Waals surface area contributed by atoms with Gasteiger partial charge in [-0.05, 0) is 31.3 Å². The van der Waals surface area contributed by atoms with E-state index < -0.39 is 18.2 Å². The highest BCUT2D eigenvalue weighted by Crippen LogP contribution is 2.49. The van der Waals surface area contributed by atoms with Crippen LogP contribution in [-0.4, -0.2) is 34.6 Å². The summed E-state index contributed by atoms with van der Waals surface area (Å²) in [6, 6.07) is 0. The normalized spacial score (nSPS) is 46.9. The molecule has 0 spiro atoms. The maximum atomic E-state index is 11.7. The Labute approximate surface area is 117 Å². The Kier molecular flexibility index (Phi) is 3.23. The molecule has 0 radical (unpaired) electrons. The van der Waals surface area contributed by atoms with Crippen molar-refractivity contribution in [3.8, 4) is 0 Å². The van der Waals surface area contributed by atoms with Gasteiger partial charge in [-0.2, -0.15) is 0 Å². The second-order valence-corrected chi connectivity index (χ2v) is 6.42. The zero-order valence-corrected chi connectivity index (χ0v) is 11.5. The molecule has 0 aromatic carbocycles. The van der Waals surface area contributed by atoms with Gasteiger partial charge in [0.2, 0.25) is 0 Å². The average Bonchev–Trinajstić information content (AvgIpc) is 2.71. The van der Waals surface area contributed by atoms with Crippen molar-refractivity contribution in [2.45, 2.75) is 50.9 Å². The molecule has 2 aliphatic carbocycles. The largest absolute Gasteiger partial charge is 0.456 e.